The van der Waals surface area contributed by atoms with Crippen LogP contribution >= 0.6 is 11.6 Å². The summed E-state index contributed by atoms with van der Waals surface area (Å²) in [5.74, 6) is -0.304. The van der Waals surface area contributed by atoms with Crippen molar-refractivity contribution >= 4 is 39.7 Å². The van der Waals surface area contributed by atoms with Gasteiger partial charge in [0.05, 0.1) is 17.4 Å². The molecule has 3 heterocycles. The molecule has 0 saturated heterocycles. The van der Waals surface area contributed by atoms with Gasteiger partial charge in [-0.05, 0) is 48.0 Å². The summed E-state index contributed by atoms with van der Waals surface area (Å²) in [5, 5.41) is 8.75. The van der Waals surface area contributed by atoms with E-state index in [1.165, 1.54) is 0 Å². The van der Waals surface area contributed by atoms with Crippen molar-refractivity contribution < 1.29 is 4.79 Å². The highest BCUT2D eigenvalue weighted by Crippen LogP contribution is 2.26. The lowest BCUT2D eigenvalue weighted by Gasteiger charge is -2.08. The van der Waals surface area contributed by atoms with Crippen molar-refractivity contribution in [3.63, 3.8) is 0 Å². The second kappa shape index (κ2) is 7.00. The van der Waals surface area contributed by atoms with Crippen LogP contribution in [0.4, 0.5) is 5.69 Å². The monoisotopic (exact) mass is 399 g/mol. The van der Waals surface area contributed by atoms with Crippen molar-refractivity contribution in [3.05, 3.63) is 90.0 Å². The molecule has 3 aromatic heterocycles. The molecule has 29 heavy (non-hydrogen) atoms. The molecule has 0 radical (unpaired) electrons. The lowest BCUT2D eigenvalue weighted by molar-refractivity contribution is 0.102. The van der Waals surface area contributed by atoms with Crippen molar-refractivity contribution in [1.29, 1.82) is 0 Å². The maximum atomic E-state index is 12.9. The molecule has 1 amide bonds. The van der Waals surface area contributed by atoms with Crippen molar-refractivity contribution in [2.24, 2.45) is 0 Å². The highest BCUT2D eigenvalue weighted by Gasteiger charge is 2.14. The van der Waals surface area contributed by atoms with Gasteiger partial charge in [-0.25, -0.2) is 9.50 Å². The normalized spacial score (nSPS) is 11.1. The highest BCUT2D eigenvalue weighted by atomic mass is 35.5. The number of carbonyl (C=O) groups excluding carboxylic acids is 1. The Labute approximate surface area is 170 Å². The molecule has 5 rings (SSSR count). The van der Waals surface area contributed by atoms with Crippen molar-refractivity contribution in [2.75, 3.05) is 5.32 Å². The minimum atomic E-state index is -0.304. The molecule has 0 aliphatic heterocycles. The van der Waals surface area contributed by atoms with Crippen molar-refractivity contribution in [3.8, 4) is 11.1 Å². The van der Waals surface area contributed by atoms with Crippen LogP contribution < -0.4 is 5.32 Å². The fourth-order valence-electron chi connectivity index (χ4n) is 3.25. The Morgan fingerprint density at radius 1 is 1.03 bits per heavy atom. The summed E-state index contributed by atoms with van der Waals surface area (Å²) in [6.45, 7) is 0. The van der Waals surface area contributed by atoms with E-state index in [1.54, 1.807) is 29.2 Å². The molecule has 0 spiro atoms. The first-order valence-corrected chi connectivity index (χ1v) is 9.32. The molecular weight excluding hydrogens is 386 g/mol. The quantitative estimate of drug-likeness (QED) is 0.470. The van der Waals surface area contributed by atoms with Gasteiger partial charge in [-0.1, -0.05) is 29.8 Å². The van der Waals surface area contributed by atoms with Gasteiger partial charge in [0.25, 0.3) is 5.91 Å². The number of anilines is 1. The Kier molecular flexibility index (Phi) is 4.18. The number of hydrogen-bond acceptors (Lipinski definition) is 4. The maximum Gasteiger partial charge on any atom is 0.274 e. The number of aromatic nitrogens is 4. The fraction of sp³-hybridized carbons (Fsp3) is 0. The van der Waals surface area contributed by atoms with E-state index in [4.69, 9.17) is 11.6 Å². The molecule has 0 atom stereocenters. The van der Waals surface area contributed by atoms with Gasteiger partial charge >= 0.3 is 0 Å². The van der Waals surface area contributed by atoms with Crippen LogP contribution in [0.3, 0.4) is 0 Å². The second-order valence-electron chi connectivity index (χ2n) is 6.48. The number of nitrogens with zero attached hydrogens (tertiary/aromatic N) is 4. The zero-order chi connectivity index (χ0) is 19.8. The smallest absolute Gasteiger partial charge is 0.274 e. The lowest BCUT2D eigenvalue weighted by atomic mass is 10.1. The standard InChI is InChI=1S/C22H14ClN5O/c23-15-5-1-4-14(12-15)17-13-25-28-11-9-20(26-21(17)28)22(29)27-19-8-2-7-18-16(19)6-3-10-24-18/h1-13H,(H,27,29). The number of rotatable bonds is 3. The number of carbonyl (C=O) groups is 1. The lowest BCUT2D eigenvalue weighted by Crippen LogP contribution is -2.14. The third-order valence-electron chi connectivity index (χ3n) is 4.63. The number of hydrogen-bond donors (Lipinski definition) is 1. The average Bonchev–Trinajstić information content (AvgIpc) is 3.17. The minimum Gasteiger partial charge on any atom is -0.320 e. The number of pyridine rings is 1. The molecular formula is C22H14ClN5O. The molecule has 0 unspecified atom stereocenters. The van der Waals surface area contributed by atoms with E-state index in [9.17, 15) is 4.79 Å². The second-order valence-corrected chi connectivity index (χ2v) is 6.92. The Morgan fingerprint density at radius 2 is 1.93 bits per heavy atom. The fourth-order valence-corrected chi connectivity index (χ4v) is 3.44. The molecule has 0 aliphatic rings. The largest absolute Gasteiger partial charge is 0.320 e. The Bertz CT molecular complexity index is 1370. The van der Waals surface area contributed by atoms with Gasteiger partial charge in [0.2, 0.25) is 0 Å². The molecule has 5 aromatic rings. The van der Waals surface area contributed by atoms with E-state index >= 15 is 0 Å². The Morgan fingerprint density at radius 3 is 2.83 bits per heavy atom. The van der Waals surface area contributed by atoms with Gasteiger partial charge in [-0.3, -0.25) is 9.78 Å². The first kappa shape index (κ1) is 17.3. The molecule has 0 fully saturated rings. The van der Waals surface area contributed by atoms with E-state index in [0.29, 0.717) is 22.1 Å². The predicted molar refractivity (Wildman–Crippen MR) is 113 cm³/mol. The van der Waals surface area contributed by atoms with E-state index in [-0.39, 0.29) is 5.91 Å². The van der Waals surface area contributed by atoms with Crippen molar-refractivity contribution in [1.82, 2.24) is 19.6 Å². The van der Waals surface area contributed by atoms with Crippen LogP contribution in [0.2, 0.25) is 5.02 Å². The maximum absolute atomic E-state index is 12.9. The van der Waals surface area contributed by atoms with Crippen LogP contribution in [-0.2, 0) is 0 Å². The zero-order valence-corrected chi connectivity index (χ0v) is 15.8. The van der Waals surface area contributed by atoms with Crippen LogP contribution in [-0.4, -0.2) is 25.5 Å². The van der Waals surface area contributed by atoms with Gasteiger partial charge in [0, 0.05) is 28.4 Å². The molecule has 0 saturated carbocycles. The number of fused-ring (bicyclic) bond motifs is 2. The molecule has 140 valence electrons. The number of benzene rings is 2. The molecule has 1 N–H and O–H groups in total. The molecule has 7 heteroatoms. The highest BCUT2D eigenvalue weighted by molar-refractivity contribution is 6.30. The zero-order valence-electron chi connectivity index (χ0n) is 15.1. The van der Waals surface area contributed by atoms with E-state index in [0.717, 1.165) is 22.0 Å². The minimum absolute atomic E-state index is 0.294. The molecule has 2 aromatic carbocycles. The van der Waals surface area contributed by atoms with Crippen LogP contribution in [0, 0.1) is 0 Å². The predicted octanol–water partition coefficient (Wildman–Crippen LogP) is 4.85. The van der Waals surface area contributed by atoms with Crippen LogP contribution in [0.15, 0.2) is 79.3 Å². The summed E-state index contributed by atoms with van der Waals surface area (Å²) in [6, 6.07) is 18.4. The topological polar surface area (TPSA) is 72.2 Å². The van der Waals surface area contributed by atoms with Crippen LogP contribution in [0.5, 0.6) is 0 Å². The average molecular weight is 400 g/mol. The van der Waals surface area contributed by atoms with Gasteiger partial charge in [0.15, 0.2) is 5.65 Å². The van der Waals surface area contributed by atoms with Gasteiger partial charge in [-0.2, -0.15) is 5.10 Å². The van der Waals surface area contributed by atoms with Crippen molar-refractivity contribution in [2.45, 2.75) is 0 Å². The number of amides is 1. The molecule has 6 nitrogen and oxygen atoms in total. The SMILES string of the molecule is O=C(Nc1cccc2ncccc12)c1ccn2ncc(-c3cccc(Cl)c3)c2n1. The van der Waals surface area contributed by atoms with Gasteiger partial charge in [0.1, 0.15) is 5.69 Å². The van der Waals surface area contributed by atoms with E-state index in [2.05, 4.69) is 20.4 Å². The number of nitrogens with one attached hydrogen (secondary N) is 1. The summed E-state index contributed by atoms with van der Waals surface area (Å²) in [6.07, 6.45) is 5.16. The van der Waals surface area contributed by atoms with Gasteiger partial charge < -0.3 is 5.32 Å². The summed E-state index contributed by atoms with van der Waals surface area (Å²) >= 11 is 6.12. The van der Waals surface area contributed by atoms with E-state index < -0.39 is 0 Å². The first-order chi connectivity index (χ1) is 14.2. The molecule has 0 aliphatic carbocycles. The third-order valence-corrected chi connectivity index (χ3v) is 4.87. The summed E-state index contributed by atoms with van der Waals surface area (Å²) in [7, 11) is 0. The summed E-state index contributed by atoms with van der Waals surface area (Å²) in [5.41, 5.74) is 4.06. The van der Waals surface area contributed by atoms with Crippen LogP contribution in [0.25, 0.3) is 27.7 Å². The van der Waals surface area contributed by atoms with Crippen LogP contribution in [0.1, 0.15) is 10.5 Å². The van der Waals surface area contributed by atoms with E-state index in [1.807, 2.05) is 54.6 Å². The third kappa shape index (κ3) is 3.19. The summed E-state index contributed by atoms with van der Waals surface area (Å²) < 4.78 is 1.63. The molecule has 0 bridgehead atoms. The Balaban J connectivity index is 1.53. The first-order valence-electron chi connectivity index (χ1n) is 8.94. The summed E-state index contributed by atoms with van der Waals surface area (Å²) in [4.78, 5) is 21.7. The van der Waals surface area contributed by atoms with Gasteiger partial charge in [-0.15, -0.1) is 0 Å². The Hall–Kier alpha value is -3.77. The number of halogens is 1.